The van der Waals surface area contributed by atoms with Crippen molar-refractivity contribution in [2.75, 3.05) is 0 Å². The van der Waals surface area contributed by atoms with Crippen molar-refractivity contribution >= 4 is 29.1 Å². The Morgan fingerprint density at radius 3 is 2.35 bits per heavy atom. The fourth-order valence-electron chi connectivity index (χ4n) is 4.15. The van der Waals surface area contributed by atoms with Crippen LogP contribution in [0.25, 0.3) is 16.8 Å². The van der Waals surface area contributed by atoms with Crippen molar-refractivity contribution in [3.8, 4) is 22.9 Å². The summed E-state index contributed by atoms with van der Waals surface area (Å²) in [4.78, 5) is 29.3. The summed E-state index contributed by atoms with van der Waals surface area (Å²) < 4.78 is 7.49. The summed E-state index contributed by atoms with van der Waals surface area (Å²) in [7, 11) is 0. The second kappa shape index (κ2) is 11.7. The van der Waals surface area contributed by atoms with E-state index < -0.39 is 17.9 Å². The molecule has 0 saturated carbocycles. The van der Waals surface area contributed by atoms with E-state index in [1.54, 1.807) is 65.3 Å². The van der Waals surface area contributed by atoms with Gasteiger partial charge in [0.25, 0.3) is 5.91 Å². The number of pyridine rings is 1. The van der Waals surface area contributed by atoms with E-state index in [0.29, 0.717) is 28.6 Å². The molecule has 0 radical (unpaired) electrons. The molecule has 40 heavy (non-hydrogen) atoms. The maximum atomic E-state index is 12.9. The number of nitriles is 1. The zero-order valence-electron chi connectivity index (χ0n) is 21.1. The van der Waals surface area contributed by atoms with Crippen molar-refractivity contribution in [1.29, 1.82) is 5.26 Å². The smallest absolute Gasteiger partial charge is 0.326 e. The molecule has 9 heteroatoms. The Hall–Kier alpha value is -5.13. The molecule has 0 spiro atoms. The van der Waals surface area contributed by atoms with Crippen LogP contribution >= 0.6 is 11.6 Å². The number of aromatic nitrogens is 2. The SMILES string of the molecule is N#Cc1ccc(COc2ccc(C[C@H](NC(=O)c3cn4ccc(-c5ccc(Cl)cc5)cc4n3)C(=O)O)cc2)cc1. The zero-order valence-corrected chi connectivity index (χ0v) is 21.9. The van der Waals surface area contributed by atoms with Gasteiger partial charge in [0.05, 0.1) is 11.6 Å². The zero-order chi connectivity index (χ0) is 28.1. The molecule has 0 saturated heterocycles. The van der Waals surface area contributed by atoms with Crippen LogP contribution in [0.1, 0.15) is 27.2 Å². The van der Waals surface area contributed by atoms with Gasteiger partial charge in [0.2, 0.25) is 0 Å². The number of nitrogens with zero attached hydrogens (tertiary/aromatic N) is 3. The number of fused-ring (bicyclic) bond motifs is 1. The molecule has 3 aromatic carbocycles. The first-order valence-corrected chi connectivity index (χ1v) is 12.7. The Bertz CT molecular complexity index is 1710. The van der Waals surface area contributed by atoms with Crippen LogP contribution < -0.4 is 10.1 Å². The third kappa shape index (κ3) is 6.29. The highest BCUT2D eigenvalue weighted by molar-refractivity contribution is 6.30. The molecule has 198 valence electrons. The summed E-state index contributed by atoms with van der Waals surface area (Å²) in [5.74, 6) is -1.11. The highest BCUT2D eigenvalue weighted by atomic mass is 35.5. The molecule has 2 N–H and O–H groups in total. The van der Waals surface area contributed by atoms with Crippen LogP contribution in [0, 0.1) is 11.3 Å². The lowest BCUT2D eigenvalue weighted by atomic mass is 10.1. The minimum absolute atomic E-state index is 0.0884. The molecule has 0 unspecified atom stereocenters. The molecule has 8 nitrogen and oxygen atoms in total. The fraction of sp³-hybridized carbons (Fsp3) is 0.0968. The van der Waals surface area contributed by atoms with Gasteiger partial charge in [-0.05, 0) is 70.8 Å². The number of hydrogen-bond acceptors (Lipinski definition) is 5. The molecule has 5 rings (SSSR count). The van der Waals surface area contributed by atoms with Gasteiger partial charge < -0.3 is 19.6 Å². The molecule has 0 fully saturated rings. The van der Waals surface area contributed by atoms with E-state index in [1.807, 2.05) is 36.4 Å². The molecule has 1 atom stereocenters. The Morgan fingerprint density at radius 1 is 0.975 bits per heavy atom. The highest BCUT2D eigenvalue weighted by Crippen LogP contribution is 2.23. The number of benzene rings is 3. The second-order valence-corrected chi connectivity index (χ2v) is 9.56. The topological polar surface area (TPSA) is 117 Å². The average Bonchev–Trinajstić information content (AvgIpc) is 3.41. The largest absolute Gasteiger partial charge is 0.489 e. The van der Waals surface area contributed by atoms with E-state index in [9.17, 15) is 14.7 Å². The van der Waals surface area contributed by atoms with Gasteiger partial charge in [-0.3, -0.25) is 4.79 Å². The van der Waals surface area contributed by atoms with Crippen LogP contribution in [0.3, 0.4) is 0 Å². The molecule has 0 aliphatic carbocycles. The number of carboxylic acid groups (broad SMARTS) is 1. The Balaban J connectivity index is 1.22. The van der Waals surface area contributed by atoms with E-state index in [-0.39, 0.29) is 12.1 Å². The predicted octanol–water partition coefficient (Wildman–Crippen LogP) is 5.53. The Labute approximate surface area is 235 Å². The minimum Gasteiger partial charge on any atom is -0.489 e. The number of amides is 1. The summed E-state index contributed by atoms with van der Waals surface area (Å²) in [6.07, 6.45) is 3.45. The summed E-state index contributed by atoms with van der Waals surface area (Å²) in [5, 5.41) is 21.9. The lowest BCUT2D eigenvalue weighted by Gasteiger charge is -2.14. The van der Waals surface area contributed by atoms with Crippen molar-refractivity contribution in [1.82, 2.24) is 14.7 Å². The number of nitrogens with one attached hydrogen (secondary N) is 1. The summed E-state index contributed by atoms with van der Waals surface area (Å²) in [6, 6.07) is 26.2. The molecule has 0 aliphatic heterocycles. The highest BCUT2D eigenvalue weighted by Gasteiger charge is 2.23. The lowest BCUT2D eigenvalue weighted by Crippen LogP contribution is -2.42. The molecule has 2 heterocycles. The van der Waals surface area contributed by atoms with E-state index in [1.165, 1.54) is 0 Å². The number of halogens is 1. The van der Waals surface area contributed by atoms with Crippen LogP contribution in [0.4, 0.5) is 0 Å². The van der Waals surface area contributed by atoms with Crippen LogP contribution in [0.2, 0.25) is 5.02 Å². The fourth-order valence-corrected chi connectivity index (χ4v) is 4.27. The minimum atomic E-state index is -1.15. The molecule has 5 aromatic rings. The predicted molar refractivity (Wildman–Crippen MR) is 150 cm³/mol. The van der Waals surface area contributed by atoms with Gasteiger partial charge in [0.1, 0.15) is 29.7 Å². The second-order valence-electron chi connectivity index (χ2n) is 9.12. The van der Waals surface area contributed by atoms with Gasteiger partial charge in [-0.2, -0.15) is 5.26 Å². The van der Waals surface area contributed by atoms with E-state index >= 15 is 0 Å². The maximum absolute atomic E-state index is 12.9. The van der Waals surface area contributed by atoms with Crippen molar-refractivity contribution < 1.29 is 19.4 Å². The number of imidazole rings is 1. The molecule has 2 aromatic heterocycles. The number of carbonyl (C=O) groups excluding carboxylic acids is 1. The normalized spacial score (nSPS) is 11.5. The van der Waals surface area contributed by atoms with E-state index in [4.69, 9.17) is 21.6 Å². The van der Waals surface area contributed by atoms with Crippen molar-refractivity contribution in [2.45, 2.75) is 19.1 Å². The van der Waals surface area contributed by atoms with Crippen LogP contribution in [-0.2, 0) is 17.8 Å². The molecular weight excluding hydrogens is 528 g/mol. The number of hydrogen-bond donors (Lipinski definition) is 2. The molecule has 0 bridgehead atoms. The Kier molecular flexibility index (Phi) is 7.76. The molecule has 0 aliphatic rings. The molecule has 1 amide bonds. The van der Waals surface area contributed by atoms with Gasteiger partial charge in [-0.1, -0.05) is 48.0 Å². The lowest BCUT2D eigenvalue weighted by molar-refractivity contribution is -0.139. The number of carboxylic acids is 1. The quantitative estimate of drug-likeness (QED) is 0.249. The van der Waals surface area contributed by atoms with Gasteiger partial charge in [0, 0.05) is 23.8 Å². The van der Waals surface area contributed by atoms with E-state index in [2.05, 4.69) is 16.4 Å². The first-order valence-electron chi connectivity index (χ1n) is 12.4. The number of carbonyl (C=O) groups is 2. The monoisotopic (exact) mass is 550 g/mol. The van der Waals surface area contributed by atoms with Crippen molar-refractivity contribution in [3.63, 3.8) is 0 Å². The average molecular weight is 551 g/mol. The molecular formula is C31H23ClN4O4. The Morgan fingerprint density at radius 2 is 1.68 bits per heavy atom. The number of aliphatic carboxylic acids is 1. The summed E-state index contributed by atoms with van der Waals surface area (Å²) in [6.45, 7) is 0.332. The summed E-state index contributed by atoms with van der Waals surface area (Å²) >= 11 is 5.98. The van der Waals surface area contributed by atoms with Crippen LogP contribution in [-0.4, -0.2) is 32.4 Å². The van der Waals surface area contributed by atoms with Crippen LogP contribution in [0.15, 0.2) is 97.3 Å². The summed E-state index contributed by atoms with van der Waals surface area (Å²) in [5.41, 5.74) is 4.77. The standard InChI is InChI=1S/C31H23ClN4O4/c32-25-9-7-23(8-10-25)24-13-14-36-18-28(34-29(36)16-24)30(37)35-27(31(38)39)15-20-5-11-26(12-6-20)40-19-22-3-1-21(17-33)2-4-22/h1-14,16,18,27H,15,19H2,(H,35,37)(H,38,39)/t27-/m0/s1. The van der Waals surface area contributed by atoms with E-state index in [0.717, 1.165) is 22.3 Å². The first-order chi connectivity index (χ1) is 19.4. The van der Waals surface area contributed by atoms with Gasteiger partial charge in [-0.15, -0.1) is 0 Å². The van der Waals surface area contributed by atoms with Crippen LogP contribution in [0.5, 0.6) is 5.75 Å². The van der Waals surface area contributed by atoms with Crippen molar-refractivity contribution in [3.05, 3.63) is 125 Å². The van der Waals surface area contributed by atoms with Gasteiger partial charge >= 0.3 is 5.97 Å². The first kappa shape index (κ1) is 26.5. The van der Waals surface area contributed by atoms with Gasteiger partial charge in [-0.25, -0.2) is 9.78 Å². The van der Waals surface area contributed by atoms with Gasteiger partial charge in [0.15, 0.2) is 0 Å². The van der Waals surface area contributed by atoms with Crippen molar-refractivity contribution in [2.24, 2.45) is 0 Å². The maximum Gasteiger partial charge on any atom is 0.326 e. The third-order valence-electron chi connectivity index (χ3n) is 6.33. The number of rotatable bonds is 9. The number of ether oxygens (including phenoxy) is 1. The third-order valence-corrected chi connectivity index (χ3v) is 6.58.